The monoisotopic (exact) mass is 456 g/mol. The van der Waals surface area contributed by atoms with Crippen LogP contribution >= 0.6 is 0 Å². The Balaban J connectivity index is 6.89. The van der Waals surface area contributed by atoms with E-state index in [1.54, 1.807) is 0 Å². The van der Waals surface area contributed by atoms with E-state index in [-0.39, 0.29) is 0 Å². The Morgan fingerprint density at radius 2 is 0.645 bits per heavy atom. The Morgan fingerprint density at radius 1 is 0.452 bits per heavy atom. The van der Waals surface area contributed by atoms with Crippen molar-refractivity contribution in [3.05, 3.63) is 0 Å². The first kappa shape index (κ1) is 31.1. The summed E-state index contributed by atoms with van der Waals surface area (Å²) in [6.45, 7) is 39.0. The van der Waals surface area contributed by atoms with Crippen LogP contribution in [-0.4, -0.2) is 68.2 Å². The van der Waals surface area contributed by atoms with Crippen molar-refractivity contribution in [2.75, 3.05) is 45.8 Å². The molecule has 0 aliphatic rings. The number of hydrogen-bond acceptors (Lipinski definition) is 4. The summed E-state index contributed by atoms with van der Waals surface area (Å²) in [6.07, 6.45) is 0. The maximum absolute atomic E-state index is 4.25. The van der Waals surface area contributed by atoms with Crippen molar-refractivity contribution in [3.63, 3.8) is 0 Å². The Kier molecular flexibility index (Phi) is 15.1. The van der Waals surface area contributed by atoms with Crippen molar-refractivity contribution in [2.24, 2.45) is 35.5 Å². The van der Waals surface area contributed by atoms with Crippen LogP contribution in [0.2, 0.25) is 0 Å². The molecule has 188 valence electrons. The molecule has 0 rings (SSSR count). The van der Waals surface area contributed by atoms with Crippen molar-refractivity contribution < 1.29 is 0 Å². The molecule has 0 saturated carbocycles. The highest BCUT2D eigenvalue weighted by molar-refractivity contribution is 6.69. The maximum atomic E-state index is 4.25. The van der Waals surface area contributed by atoms with E-state index in [0.717, 1.165) is 45.8 Å². The first-order valence-electron chi connectivity index (χ1n) is 13.3. The summed E-state index contributed by atoms with van der Waals surface area (Å²) in [6, 6.07) is 0. The van der Waals surface area contributed by atoms with Gasteiger partial charge >= 0.3 is 8.72 Å². The quantitative estimate of drug-likeness (QED) is 0.276. The highest BCUT2D eigenvalue weighted by Crippen LogP contribution is 2.26. The lowest BCUT2D eigenvalue weighted by atomic mass is 10.2. The zero-order chi connectivity index (χ0) is 24.4. The third kappa shape index (κ3) is 11.2. The molecule has 0 aliphatic carbocycles. The van der Waals surface area contributed by atoms with Crippen LogP contribution in [0, 0.1) is 35.5 Å². The molecule has 0 aromatic heterocycles. The van der Waals surface area contributed by atoms with Crippen LogP contribution < -0.4 is 4.98 Å². The number of rotatable bonds is 17. The van der Waals surface area contributed by atoms with Gasteiger partial charge in [0, 0.05) is 0 Å². The molecule has 0 radical (unpaired) electrons. The zero-order valence-electron chi connectivity index (χ0n) is 23.8. The van der Waals surface area contributed by atoms with Gasteiger partial charge in [0.05, 0.1) is 0 Å². The molecule has 0 heterocycles. The second kappa shape index (κ2) is 15.1. The first-order chi connectivity index (χ1) is 14.3. The highest BCUT2D eigenvalue weighted by atomic mass is 28.4. The van der Waals surface area contributed by atoms with Gasteiger partial charge in [-0.25, -0.2) is 0 Å². The second-order valence-corrected chi connectivity index (χ2v) is 15.8. The van der Waals surface area contributed by atoms with Crippen molar-refractivity contribution >= 4 is 8.72 Å². The van der Waals surface area contributed by atoms with Crippen LogP contribution in [0.15, 0.2) is 0 Å². The fourth-order valence-electron chi connectivity index (χ4n) is 4.80. The predicted molar refractivity (Wildman–Crippen MR) is 143 cm³/mol. The normalized spacial score (nSPS) is 13.7. The minimum absolute atomic E-state index is 0.657. The Bertz CT molecular complexity index is 359. The number of hydrogen-bond donors (Lipinski definition) is 1. The van der Waals surface area contributed by atoms with Gasteiger partial charge in [0.2, 0.25) is 0 Å². The number of nitrogens with zero attached hydrogens (tertiary/aromatic N) is 3. The average Bonchev–Trinajstić information content (AvgIpc) is 2.55. The smallest absolute Gasteiger partial charge is 0.301 e. The molecule has 0 aromatic carbocycles. The Labute approximate surface area is 198 Å². The maximum Gasteiger partial charge on any atom is 0.374 e. The summed E-state index contributed by atoms with van der Waals surface area (Å²) in [5.41, 5.74) is 0. The van der Waals surface area contributed by atoms with E-state index >= 15 is 0 Å². The van der Waals surface area contributed by atoms with E-state index in [0.29, 0.717) is 35.5 Å². The van der Waals surface area contributed by atoms with Gasteiger partial charge < -0.3 is 4.98 Å². The van der Waals surface area contributed by atoms with Gasteiger partial charge in [-0.3, -0.25) is 13.7 Å². The molecule has 4 nitrogen and oxygen atoms in total. The fraction of sp³-hybridized carbons (Fsp3) is 1.00. The summed E-state index contributed by atoms with van der Waals surface area (Å²) >= 11 is 0. The largest absolute Gasteiger partial charge is 0.374 e. The summed E-state index contributed by atoms with van der Waals surface area (Å²) < 4.78 is 8.80. The molecule has 0 atom stereocenters. The lowest BCUT2D eigenvalue weighted by Crippen LogP contribution is -2.84. The third-order valence-electron chi connectivity index (χ3n) is 5.25. The van der Waals surface area contributed by atoms with Crippen LogP contribution in [0.25, 0.3) is 0 Å². The summed E-state index contributed by atoms with van der Waals surface area (Å²) in [7, 11) is -2.31. The van der Waals surface area contributed by atoms with E-state index in [9.17, 15) is 0 Å². The van der Waals surface area contributed by atoms with Crippen LogP contribution in [0.4, 0.5) is 0 Å². The minimum atomic E-state index is -2.31. The first-order valence-corrected chi connectivity index (χ1v) is 15.1. The molecule has 0 spiro atoms. The average molecular weight is 457 g/mol. The Morgan fingerprint density at radius 3 is 0.774 bits per heavy atom. The Hall–Kier alpha value is 0.0569. The van der Waals surface area contributed by atoms with Crippen LogP contribution in [0.3, 0.4) is 0 Å². The lowest BCUT2D eigenvalue weighted by molar-refractivity contribution is 0.168. The zero-order valence-corrected chi connectivity index (χ0v) is 24.8. The van der Waals surface area contributed by atoms with Gasteiger partial charge in [0.25, 0.3) is 0 Å². The molecule has 1 N–H and O–H groups in total. The lowest BCUT2D eigenvalue weighted by Gasteiger charge is -2.56. The van der Waals surface area contributed by atoms with Gasteiger partial charge in [-0.05, 0) is 81.3 Å². The fourth-order valence-corrected chi connectivity index (χ4v) is 10.9. The van der Waals surface area contributed by atoms with Crippen LogP contribution in [-0.2, 0) is 0 Å². The van der Waals surface area contributed by atoms with Gasteiger partial charge in [-0.15, -0.1) is 0 Å². The summed E-state index contributed by atoms with van der Waals surface area (Å²) in [5, 5.41) is 0. The van der Waals surface area contributed by atoms with E-state index in [4.69, 9.17) is 0 Å². The van der Waals surface area contributed by atoms with Gasteiger partial charge in [0.15, 0.2) is 0 Å². The molecule has 0 aromatic rings. The van der Waals surface area contributed by atoms with E-state index in [1.165, 1.54) is 0 Å². The van der Waals surface area contributed by atoms with E-state index < -0.39 is 8.72 Å². The summed E-state index contributed by atoms with van der Waals surface area (Å²) in [5.74, 6) is 3.94. The molecule has 0 aliphatic heterocycles. The molecule has 0 unspecified atom stereocenters. The minimum Gasteiger partial charge on any atom is -0.301 e. The SMILES string of the molecule is CCN[Si](N(CC(C)C)CC(C)C)(N(CC(C)C)CC(C)C)N(CC(C)C)CC(C)C. The molecule has 0 bridgehead atoms. The molecule has 0 fully saturated rings. The van der Waals surface area contributed by atoms with Crippen molar-refractivity contribution in [3.8, 4) is 0 Å². The van der Waals surface area contributed by atoms with Gasteiger partial charge in [-0.1, -0.05) is 90.0 Å². The second-order valence-electron chi connectivity index (χ2n) is 12.2. The van der Waals surface area contributed by atoms with Gasteiger partial charge in [0.1, 0.15) is 0 Å². The molecular weight excluding hydrogens is 396 g/mol. The molecular formula is C26H60N4Si. The standard InChI is InChI=1S/C26H60N4Si/c1-14-27-31(28(15-21(2)3)16-22(4)5,29(17-23(6)7)18-24(8)9)30(19-25(10)11)20-26(12)13/h21-27H,14-20H2,1-13H3. The van der Waals surface area contributed by atoms with E-state index in [1.807, 2.05) is 0 Å². The van der Waals surface area contributed by atoms with Crippen molar-refractivity contribution in [1.29, 1.82) is 0 Å². The predicted octanol–water partition coefficient (Wildman–Crippen LogP) is 5.87. The van der Waals surface area contributed by atoms with E-state index in [2.05, 4.69) is 109 Å². The van der Waals surface area contributed by atoms with Gasteiger partial charge in [-0.2, -0.15) is 0 Å². The highest BCUT2D eigenvalue weighted by Gasteiger charge is 2.52. The topological polar surface area (TPSA) is 21.8 Å². The molecule has 0 amide bonds. The summed E-state index contributed by atoms with van der Waals surface area (Å²) in [4.78, 5) is 4.25. The van der Waals surface area contributed by atoms with Crippen molar-refractivity contribution in [1.82, 2.24) is 18.7 Å². The number of nitrogens with one attached hydrogen (secondary N) is 1. The molecule has 0 saturated heterocycles. The third-order valence-corrected chi connectivity index (χ3v) is 9.82. The van der Waals surface area contributed by atoms with Crippen molar-refractivity contribution in [2.45, 2.75) is 90.0 Å². The van der Waals surface area contributed by atoms with Crippen LogP contribution in [0.5, 0.6) is 0 Å². The van der Waals surface area contributed by atoms with Crippen LogP contribution in [0.1, 0.15) is 90.0 Å². The molecule has 5 heteroatoms. The molecule has 31 heavy (non-hydrogen) atoms.